The first-order valence-electron chi connectivity index (χ1n) is 6.41. The van der Waals surface area contributed by atoms with Crippen LogP contribution in [0.5, 0.6) is 11.5 Å². The average molecular weight is 249 g/mol. The summed E-state index contributed by atoms with van der Waals surface area (Å²) in [5.74, 6) is 1.69. The number of hydrogen-bond donors (Lipinski definition) is 1. The number of fused-ring (bicyclic) bond motifs is 1. The molecule has 0 aliphatic carbocycles. The number of rotatable bonds is 4. The Kier molecular flexibility index (Phi) is 2.92. The van der Waals surface area contributed by atoms with Gasteiger partial charge in [0.2, 0.25) is 6.79 Å². The molecule has 98 valence electrons. The molecule has 1 aromatic carbocycles. The molecule has 1 saturated heterocycles. The Balaban J connectivity index is 1.83. The van der Waals surface area contributed by atoms with E-state index in [1.54, 1.807) is 0 Å². The van der Waals surface area contributed by atoms with Crippen molar-refractivity contribution in [1.29, 1.82) is 0 Å². The van der Waals surface area contributed by atoms with Crippen LogP contribution in [0.15, 0.2) is 18.2 Å². The van der Waals surface area contributed by atoms with E-state index >= 15 is 0 Å². The maximum atomic E-state index is 5.45. The Bertz CT molecular complexity index is 441. The summed E-state index contributed by atoms with van der Waals surface area (Å²) in [5, 5.41) is 3.50. The molecule has 0 spiro atoms. The summed E-state index contributed by atoms with van der Waals surface area (Å²) in [5.41, 5.74) is 1.36. The molecule has 2 aliphatic rings. The molecule has 4 heteroatoms. The lowest BCUT2D eigenvalue weighted by molar-refractivity contribution is -0.0597. The minimum Gasteiger partial charge on any atom is -0.454 e. The van der Waals surface area contributed by atoms with Gasteiger partial charge in [-0.15, -0.1) is 0 Å². The van der Waals surface area contributed by atoms with E-state index in [0.29, 0.717) is 12.8 Å². The van der Waals surface area contributed by atoms with Gasteiger partial charge in [0.15, 0.2) is 11.5 Å². The highest BCUT2D eigenvalue weighted by atomic mass is 16.7. The molecule has 0 saturated carbocycles. The summed E-state index contributed by atoms with van der Waals surface area (Å²) in [4.78, 5) is 0. The topological polar surface area (TPSA) is 39.7 Å². The molecule has 1 aromatic rings. The quantitative estimate of drug-likeness (QED) is 0.881. The van der Waals surface area contributed by atoms with Gasteiger partial charge in [-0.05, 0) is 17.7 Å². The van der Waals surface area contributed by atoms with Crippen molar-refractivity contribution in [2.75, 3.05) is 26.6 Å². The van der Waals surface area contributed by atoms with Crippen molar-refractivity contribution in [3.05, 3.63) is 23.8 Å². The van der Waals surface area contributed by atoms with Crippen LogP contribution in [0.3, 0.4) is 0 Å². The van der Waals surface area contributed by atoms with Crippen LogP contribution >= 0.6 is 0 Å². The molecule has 0 atom stereocenters. The fourth-order valence-corrected chi connectivity index (χ4v) is 2.35. The largest absolute Gasteiger partial charge is 0.454 e. The fraction of sp³-hybridized carbons (Fsp3) is 0.571. The predicted octanol–water partition coefficient (Wildman–Crippen LogP) is 1.68. The summed E-state index contributed by atoms with van der Waals surface area (Å²) < 4.78 is 16.2. The van der Waals surface area contributed by atoms with Crippen LogP contribution in [0, 0.1) is 0 Å². The molecule has 3 rings (SSSR count). The number of hydrogen-bond acceptors (Lipinski definition) is 4. The second-order valence-corrected chi connectivity index (χ2v) is 5.38. The molecule has 4 nitrogen and oxygen atoms in total. The highest BCUT2D eigenvalue weighted by Gasteiger charge is 2.40. The first-order chi connectivity index (χ1) is 8.70. The lowest BCUT2D eigenvalue weighted by Gasteiger charge is -2.42. The van der Waals surface area contributed by atoms with Gasteiger partial charge in [-0.25, -0.2) is 0 Å². The van der Waals surface area contributed by atoms with Gasteiger partial charge >= 0.3 is 0 Å². The van der Waals surface area contributed by atoms with Crippen molar-refractivity contribution < 1.29 is 14.2 Å². The van der Waals surface area contributed by atoms with Gasteiger partial charge in [-0.3, -0.25) is 0 Å². The van der Waals surface area contributed by atoms with Gasteiger partial charge in [-0.1, -0.05) is 19.9 Å². The Hall–Kier alpha value is -1.26. The highest BCUT2D eigenvalue weighted by Crippen LogP contribution is 2.39. The van der Waals surface area contributed by atoms with E-state index in [1.807, 2.05) is 6.07 Å². The summed E-state index contributed by atoms with van der Waals surface area (Å²) in [7, 11) is 0. The van der Waals surface area contributed by atoms with Gasteiger partial charge in [0.1, 0.15) is 0 Å². The monoisotopic (exact) mass is 249 g/mol. The second kappa shape index (κ2) is 4.44. The predicted molar refractivity (Wildman–Crippen MR) is 68.2 cm³/mol. The zero-order valence-corrected chi connectivity index (χ0v) is 10.9. The molecule has 0 bridgehead atoms. The van der Waals surface area contributed by atoms with Crippen molar-refractivity contribution in [3.63, 3.8) is 0 Å². The smallest absolute Gasteiger partial charge is 0.231 e. The summed E-state index contributed by atoms with van der Waals surface area (Å²) >= 11 is 0. The van der Waals surface area contributed by atoms with Crippen LogP contribution < -0.4 is 14.8 Å². The van der Waals surface area contributed by atoms with E-state index in [9.17, 15) is 0 Å². The van der Waals surface area contributed by atoms with Gasteiger partial charge in [0.25, 0.3) is 0 Å². The normalized spacial score (nSPS) is 19.9. The molecule has 18 heavy (non-hydrogen) atoms. The van der Waals surface area contributed by atoms with Gasteiger partial charge < -0.3 is 19.5 Å². The van der Waals surface area contributed by atoms with Crippen LogP contribution in [0.25, 0.3) is 0 Å². The first-order valence-corrected chi connectivity index (χ1v) is 6.41. The van der Waals surface area contributed by atoms with E-state index in [0.717, 1.165) is 31.3 Å². The van der Waals surface area contributed by atoms with Crippen molar-refractivity contribution >= 4 is 0 Å². The van der Waals surface area contributed by atoms with Crippen molar-refractivity contribution in [2.45, 2.75) is 25.3 Å². The van der Waals surface area contributed by atoms with E-state index in [4.69, 9.17) is 14.2 Å². The standard InChI is InChI=1S/C14H19NO3/c1-10(2)15-6-14(7-16-8-14)11-3-4-12-13(5-11)18-9-17-12/h3-5,10,15H,6-9H2,1-2H3. The number of ether oxygens (including phenoxy) is 3. The minimum absolute atomic E-state index is 0.0885. The highest BCUT2D eigenvalue weighted by molar-refractivity contribution is 5.47. The Morgan fingerprint density at radius 3 is 2.67 bits per heavy atom. The molecular formula is C14H19NO3. The summed E-state index contributed by atoms with van der Waals surface area (Å²) in [6, 6.07) is 6.69. The van der Waals surface area contributed by atoms with Crippen molar-refractivity contribution in [1.82, 2.24) is 5.32 Å². The molecule has 1 fully saturated rings. The Morgan fingerprint density at radius 1 is 1.22 bits per heavy atom. The van der Waals surface area contributed by atoms with E-state index in [-0.39, 0.29) is 5.41 Å². The summed E-state index contributed by atoms with van der Waals surface area (Å²) in [6.07, 6.45) is 0. The SMILES string of the molecule is CC(C)NCC1(c2ccc3c(c2)OCO3)COC1. The first kappa shape index (κ1) is 11.8. The van der Waals surface area contributed by atoms with E-state index < -0.39 is 0 Å². The van der Waals surface area contributed by atoms with Crippen molar-refractivity contribution in [2.24, 2.45) is 0 Å². The zero-order valence-electron chi connectivity index (χ0n) is 10.9. The molecular weight excluding hydrogens is 230 g/mol. The molecule has 1 N–H and O–H groups in total. The molecule has 0 aromatic heterocycles. The number of benzene rings is 1. The third kappa shape index (κ3) is 1.95. The third-order valence-corrected chi connectivity index (χ3v) is 3.59. The average Bonchev–Trinajstić information content (AvgIpc) is 2.74. The van der Waals surface area contributed by atoms with Crippen LogP contribution in [-0.2, 0) is 10.2 Å². The van der Waals surface area contributed by atoms with Gasteiger partial charge in [0.05, 0.1) is 18.6 Å². The van der Waals surface area contributed by atoms with Crippen LogP contribution in [0.1, 0.15) is 19.4 Å². The lowest BCUT2D eigenvalue weighted by Crippen LogP contribution is -2.54. The molecule has 0 radical (unpaired) electrons. The third-order valence-electron chi connectivity index (χ3n) is 3.59. The molecule has 2 aliphatic heterocycles. The van der Waals surface area contributed by atoms with E-state index in [2.05, 4.69) is 31.3 Å². The molecule has 2 heterocycles. The maximum absolute atomic E-state index is 5.45. The lowest BCUT2D eigenvalue weighted by atomic mass is 9.78. The zero-order chi connectivity index (χ0) is 12.6. The van der Waals surface area contributed by atoms with Crippen LogP contribution in [-0.4, -0.2) is 32.6 Å². The van der Waals surface area contributed by atoms with Gasteiger partial charge in [-0.2, -0.15) is 0 Å². The minimum atomic E-state index is 0.0885. The number of nitrogens with one attached hydrogen (secondary N) is 1. The Labute approximate surface area is 107 Å². The molecule has 0 unspecified atom stereocenters. The van der Waals surface area contributed by atoms with Crippen LogP contribution in [0.2, 0.25) is 0 Å². The fourth-order valence-electron chi connectivity index (χ4n) is 2.35. The maximum Gasteiger partial charge on any atom is 0.231 e. The van der Waals surface area contributed by atoms with E-state index in [1.165, 1.54) is 5.56 Å². The summed E-state index contributed by atoms with van der Waals surface area (Å²) in [6.45, 7) is 7.12. The molecule has 0 amide bonds. The van der Waals surface area contributed by atoms with Crippen LogP contribution in [0.4, 0.5) is 0 Å². The second-order valence-electron chi connectivity index (χ2n) is 5.38. The van der Waals surface area contributed by atoms with Crippen molar-refractivity contribution in [3.8, 4) is 11.5 Å². The Morgan fingerprint density at radius 2 is 2.00 bits per heavy atom. The van der Waals surface area contributed by atoms with Gasteiger partial charge in [0, 0.05) is 12.6 Å².